The van der Waals surface area contributed by atoms with E-state index in [1.54, 1.807) is 0 Å². The molecule has 0 fully saturated rings. The SMILES string of the molecule is O=C(O)CSCc1csc(Nc2ccccc2)n1. The summed E-state index contributed by atoms with van der Waals surface area (Å²) in [5.41, 5.74) is 1.90. The molecule has 1 aromatic heterocycles. The maximum atomic E-state index is 10.4. The van der Waals surface area contributed by atoms with Crippen molar-refractivity contribution in [1.82, 2.24) is 4.98 Å². The summed E-state index contributed by atoms with van der Waals surface area (Å²) in [5, 5.41) is 14.5. The number of carboxylic acids is 1. The van der Waals surface area contributed by atoms with E-state index in [1.807, 2.05) is 35.7 Å². The van der Waals surface area contributed by atoms with Gasteiger partial charge in [0.2, 0.25) is 0 Å². The van der Waals surface area contributed by atoms with Gasteiger partial charge in [-0.05, 0) is 12.1 Å². The lowest BCUT2D eigenvalue weighted by Gasteiger charge is -2.00. The van der Waals surface area contributed by atoms with Gasteiger partial charge in [-0.25, -0.2) is 4.98 Å². The third-order valence-corrected chi connectivity index (χ3v) is 3.81. The molecule has 2 N–H and O–H groups in total. The zero-order chi connectivity index (χ0) is 12.8. The molecule has 0 bridgehead atoms. The molecule has 0 saturated carbocycles. The number of hydrogen-bond acceptors (Lipinski definition) is 5. The summed E-state index contributed by atoms with van der Waals surface area (Å²) in [6.45, 7) is 0. The Kier molecular flexibility index (Phi) is 4.60. The molecule has 6 heteroatoms. The lowest BCUT2D eigenvalue weighted by atomic mass is 10.3. The van der Waals surface area contributed by atoms with E-state index in [4.69, 9.17) is 5.11 Å². The highest BCUT2D eigenvalue weighted by atomic mass is 32.2. The van der Waals surface area contributed by atoms with Crippen molar-refractivity contribution in [3.63, 3.8) is 0 Å². The zero-order valence-electron chi connectivity index (χ0n) is 9.50. The molecule has 1 aromatic carbocycles. The van der Waals surface area contributed by atoms with Crippen molar-refractivity contribution >= 4 is 39.9 Å². The molecule has 2 rings (SSSR count). The van der Waals surface area contributed by atoms with E-state index < -0.39 is 5.97 Å². The maximum absolute atomic E-state index is 10.4. The van der Waals surface area contributed by atoms with E-state index in [1.165, 1.54) is 23.1 Å². The predicted molar refractivity (Wildman–Crippen MR) is 75.6 cm³/mol. The molecule has 1 heterocycles. The van der Waals surface area contributed by atoms with E-state index in [9.17, 15) is 4.79 Å². The van der Waals surface area contributed by atoms with Gasteiger partial charge in [0.1, 0.15) is 0 Å². The van der Waals surface area contributed by atoms with Gasteiger partial charge in [0.15, 0.2) is 5.13 Å². The minimum Gasteiger partial charge on any atom is -0.481 e. The van der Waals surface area contributed by atoms with Crippen molar-refractivity contribution in [2.45, 2.75) is 5.75 Å². The third-order valence-electron chi connectivity index (χ3n) is 2.05. The molecule has 0 atom stereocenters. The van der Waals surface area contributed by atoms with E-state index in [0.29, 0.717) is 5.75 Å². The number of anilines is 2. The van der Waals surface area contributed by atoms with Gasteiger partial charge in [-0.3, -0.25) is 4.79 Å². The van der Waals surface area contributed by atoms with Crippen LogP contribution in [0.5, 0.6) is 0 Å². The Hall–Kier alpha value is -1.53. The number of aliphatic carboxylic acids is 1. The number of thiazole rings is 1. The molecule has 4 nitrogen and oxygen atoms in total. The van der Waals surface area contributed by atoms with Gasteiger partial charge in [-0.15, -0.1) is 23.1 Å². The lowest BCUT2D eigenvalue weighted by molar-refractivity contribution is -0.133. The van der Waals surface area contributed by atoms with Gasteiger partial charge < -0.3 is 10.4 Å². The van der Waals surface area contributed by atoms with Crippen LogP contribution in [0.2, 0.25) is 0 Å². The summed E-state index contributed by atoms with van der Waals surface area (Å²) < 4.78 is 0. The zero-order valence-corrected chi connectivity index (χ0v) is 11.1. The monoisotopic (exact) mass is 280 g/mol. The first kappa shape index (κ1) is 12.9. The second-order valence-electron chi connectivity index (χ2n) is 3.52. The number of hydrogen-bond donors (Lipinski definition) is 2. The third kappa shape index (κ3) is 4.05. The van der Waals surface area contributed by atoms with Gasteiger partial charge in [0.05, 0.1) is 11.4 Å². The fourth-order valence-electron chi connectivity index (χ4n) is 1.32. The van der Waals surface area contributed by atoms with Gasteiger partial charge in [0, 0.05) is 16.8 Å². The number of aromatic nitrogens is 1. The number of carbonyl (C=O) groups is 1. The molecule has 0 spiro atoms. The van der Waals surface area contributed by atoms with Crippen LogP contribution in [0.3, 0.4) is 0 Å². The summed E-state index contributed by atoms with van der Waals surface area (Å²) in [6.07, 6.45) is 0. The summed E-state index contributed by atoms with van der Waals surface area (Å²) in [6, 6.07) is 9.82. The number of carboxylic acid groups (broad SMARTS) is 1. The van der Waals surface area contributed by atoms with Gasteiger partial charge in [0.25, 0.3) is 0 Å². The number of thioether (sulfide) groups is 1. The molecule has 0 aliphatic heterocycles. The summed E-state index contributed by atoms with van der Waals surface area (Å²) >= 11 is 2.87. The minimum atomic E-state index is -0.794. The Labute approximate surface area is 113 Å². The van der Waals surface area contributed by atoms with E-state index in [2.05, 4.69) is 10.3 Å². The normalized spacial score (nSPS) is 10.2. The van der Waals surface area contributed by atoms with Gasteiger partial charge in [-0.2, -0.15) is 0 Å². The number of benzene rings is 1. The maximum Gasteiger partial charge on any atom is 0.313 e. The first-order valence-electron chi connectivity index (χ1n) is 5.30. The second kappa shape index (κ2) is 6.42. The Morgan fingerprint density at radius 1 is 1.39 bits per heavy atom. The molecule has 94 valence electrons. The van der Waals surface area contributed by atoms with Crippen molar-refractivity contribution in [1.29, 1.82) is 0 Å². The van der Waals surface area contributed by atoms with Crippen molar-refractivity contribution < 1.29 is 9.90 Å². The van der Waals surface area contributed by atoms with E-state index >= 15 is 0 Å². The van der Waals surface area contributed by atoms with Crippen LogP contribution < -0.4 is 5.32 Å². The molecule has 2 aromatic rings. The Morgan fingerprint density at radius 2 is 2.17 bits per heavy atom. The van der Waals surface area contributed by atoms with Crippen LogP contribution in [0, 0.1) is 0 Å². The average molecular weight is 280 g/mol. The van der Waals surface area contributed by atoms with Crippen LogP contribution in [0.25, 0.3) is 0 Å². The quantitative estimate of drug-likeness (QED) is 0.850. The summed E-state index contributed by atoms with van der Waals surface area (Å²) in [4.78, 5) is 14.8. The van der Waals surface area contributed by atoms with Crippen molar-refractivity contribution in [2.24, 2.45) is 0 Å². The number of rotatable bonds is 6. The van der Waals surface area contributed by atoms with Crippen LogP contribution in [0.15, 0.2) is 35.7 Å². The molecule has 0 aliphatic carbocycles. The fraction of sp³-hybridized carbons (Fsp3) is 0.167. The first-order chi connectivity index (χ1) is 8.74. The molecule has 0 aliphatic rings. The van der Waals surface area contributed by atoms with Crippen molar-refractivity contribution in [3.05, 3.63) is 41.4 Å². The van der Waals surface area contributed by atoms with Crippen LogP contribution in [0.1, 0.15) is 5.69 Å². The topological polar surface area (TPSA) is 62.2 Å². The molecule has 0 radical (unpaired) electrons. The second-order valence-corrected chi connectivity index (χ2v) is 5.37. The largest absolute Gasteiger partial charge is 0.481 e. The van der Waals surface area contributed by atoms with Crippen molar-refractivity contribution in [3.8, 4) is 0 Å². The Bertz CT molecular complexity index is 514. The molecule has 0 unspecified atom stereocenters. The highest BCUT2D eigenvalue weighted by molar-refractivity contribution is 7.99. The average Bonchev–Trinajstić information content (AvgIpc) is 2.78. The predicted octanol–water partition coefficient (Wildman–Crippen LogP) is 3.20. The van der Waals surface area contributed by atoms with Gasteiger partial charge in [-0.1, -0.05) is 18.2 Å². The minimum absolute atomic E-state index is 0.110. The fourth-order valence-corrected chi connectivity index (χ4v) is 2.79. The molecule has 0 amide bonds. The van der Waals surface area contributed by atoms with Crippen LogP contribution in [-0.4, -0.2) is 21.8 Å². The molecular weight excluding hydrogens is 268 g/mol. The first-order valence-corrected chi connectivity index (χ1v) is 7.33. The highest BCUT2D eigenvalue weighted by Gasteiger charge is 2.04. The lowest BCUT2D eigenvalue weighted by Crippen LogP contribution is -1.98. The molecule has 0 saturated heterocycles. The number of nitrogens with zero attached hydrogens (tertiary/aromatic N) is 1. The summed E-state index contributed by atoms with van der Waals surface area (Å²) in [7, 11) is 0. The Morgan fingerprint density at radius 3 is 2.89 bits per heavy atom. The van der Waals surface area contributed by atoms with E-state index in [-0.39, 0.29) is 5.75 Å². The summed E-state index contributed by atoms with van der Waals surface area (Å²) in [5.74, 6) is -0.0593. The van der Waals surface area contributed by atoms with Crippen molar-refractivity contribution in [2.75, 3.05) is 11.1 Å². The van der Waals surface area contributed by atoms with Crippen LogP contribution in [0.4, 0.5) is 10.8 Å². The molecular formula is C12H12N2O2S2. The Balaban J connectivity index is 1.88. The van der Waals surface area contributed by atoms with E-state index in [0.717, 1.165) is 16.5 Å². The standard InChI is InChI=1S/C12H12N2O2S2/c15-11(16)8-17-6-10-7-18-12(14-10)13-9-4-2-1-3-5-9/h1-5,7H,6,8H2,(H,13,14)(H,15,16). The highest BCUT2D eigenvalue weighted by Crippen LogP contribution is 2.22. The number of nitrogens with one attached hydrogen (secondary N) is 1. The van der Waals surface area contributed by atoms with Crippen LogP contribution in [-0.2, 0) is 10.5 Å². The van der Waals surface area contributed by atoms with Gasteiger partial charge >= 0.3 is 5.97 Å². The number of para-hydroxylation sites is 1. The molecule has 18 heavy (non-hydrogen) atoms. The van der Waals surface area contributed by atoms with Crippen LogP contribution >= 0.6 is 23.1 Å². The smallest absolute Gasteiger partial charge is 0.313 e.